The van der Waals surface area contributed by atoms with Gasteiger partial charge < -0.3 is 9.47 Å². The minimum Gasteiger partial charge on any atom is -0.467 e. The highest BCUT2D eigenvalue weighted by atomic mass is 32.2. The smallest absolute Gasteiger partial charge is 0.339 e. The SMILES string of the molecule is CN=C=S.COC(=O)c1ccccc1S(=O)(=O)NC(=O)Nc1nc(C)nc(OC)n1. The van der Waals surface area contributed by atoms with Gasteiger partial charge in [-0.15, -0.1) is 0 Å². The van der Waals surface area contributed by atoms with Crippen LogP contribution in [-0.2, 0) is 14.8 Å². The van der Waals surface area contributed by atoms with E-state index in [-0.39, 0.29) is 23.3 Å². The number of hydrogen-bond donors (Lipinski definition) is 2. The van der Waals surface area contributed by atoms with Gasteiger partial charge in [0.2, 0.25) is 5.95 Å². The third kappa shape index (κ3) is 7.16. The van der Waals surface area contributed by atoms with Crippen molar-refractivity contribution in [1.82, 2.24) is 19.7 Å². The van der Waals surface area contributed by atoms with Gasteiger partial charge in [0.1, 0.15) is 10.7 Å². The summed E-state index contributed by atoms with van der Waals surface area (Å²) in [6.45, 7) is 1.54. The van der Waals surface area contributed by atoms with E-state index in [1.165, 1.54) is 32.2 Å². The van der Waals surface area contributed by atoms with Crippen LogP contribution in [0.2, 0.25) is 0 Å². The summed E-state index contributed by atoms with van der Waals surface area (Å²) in [6.07, 6.45) is 0. The zero-order valence-corrected chi connectivity index (χ0v) is 18.0. The molecule has 14 heteroatoms. The summed E-state index contributed by atoms with van der Waals surface area (Å²) in [5.74, 6) is -0.807. The van der Waals surface area contributed by atoms with Crippen LogP contribution in [-0.4, -0.2) is 61.8 Å². The van der Waals surface area contributed by atoms with E-state index in [9.17, 15) is 18.0 Å². The summed E-state index contributed by atoms with van der Waals surface area (Å²) >= 11 is 4.14. The van der Waals surface area contributed by atoms with Crippen LogP contribution in [0.15, 0.2) is 34.2 Å². The number of thiocarbonyl (C=S) groups is 1. The summed E-state index contributed by atoms with van der Waals surface area (Å²) in [4.78, 5) is 38.0. The fourth-order valence-corrected chi connectivity index (χ4v) is 2.99. The van der Waals surface area contributed by atoms with Gasteiger partial charge in [-0.2, -0.15) is 15.0 Å². The molecule has 1 aromatic heterocycles. The molecule has 2 N–H and O–H groups in total. The molecule has 0 fully saturated rings. The Morgan fingerprint density at radius 2 is 1.80 bits per heavy atom. The first-order valence-electron chi connectivity index (χ1n) is 7.92. The molecule has 0 atom stereocenters. The second-order valence-electron chi connectivity index (χ2n) is 5.06. The number of aliphatic imine (C=N–C) groups is 1. The number of hydrogen-bond acceptors (Lipinski definition) is 11. The van der Waals surface area contributed by atoms with Gasteiger partial charge in [0.25, 0.3) is 10.0 Å². The Balaban J connectivity index is 0.00000103. The molecule has 30 heavy (non-hydrogen) atoms. The lowest BCUT2D eigenvalue weighted by Gasteiger charge is -2.11. The van der Waals surface area contributed by atoms with Crippen LogP contribution >= 0.6 is 12.2 Å². The van der Waals surface area contributed by atoms with Crippen molar-refractivity contribution in [3.8, 4) is 6.01 Å². The Morgan fingerprint density at radius 3 is 2.37 bits per heavy atom. The number of nitrogens with one attached hydrogen (secondary N) is 2. The van der Waals surface area contributed by atoms with Crippen LogP contribution < -0.4 is 14.8 Å². The highest BCUT2D eigenvalue weighted by Crippen LogP contribution is 2.16. The maximum atomic E-state index is 12.4. The minimum atomic E-state index is -4.36. The molecule has 1 aromatic carbocycles. The van der Waals surface area contributed by atoms with Crippen molar-refractivity contribution in [1.29, 1.82) is 0 Å². The molecule has 0 aliphatic carbocycles. The number of methoxy groups -OCH3 is 2. The summed E-state index contributed by atoms with van der Waals surface area (Å²) < 4.78 is 36.0. The van der Waals surface area contributed by atoms with Crippen LogP contribution in [0.3, 0.4) is 0 Å². The van der Waals surface area contributed by atoms with Crippen LogP contribution in [0, 0.1) is 6.92 Å². The van der Waals surface area contributed by atoms with E-state index >= 15 is 0 Å². The van der Waals surface area contributed by atoms with Gasteiger partial charge in [-0.1, -0.05) is 12.1 Å². The Hall–Kier alpha value is -3.48. The molecule has 2 rings (SSSR count). The molecule has 0 unspecified atom stereocenters. The molecule has 0 aliphatic heterocycles. The minimum absolute atomic E-state index is 0.0494. The van der Waals surface area contributed by atoms with Crippen LogP contribution in [0.1, 0.15) is 16.2 Å². The van der Waals surface area contributed by atoms with Gasteiger partial charge in [0.05, 0.1) is 24.9 Å². The fraction of sp³-hybridized carbons (Fsp3) is 0.250. The summed E-state index contributed by atoms with van der Waals surface area (Å²) in [5, 5.41) is 4.30. The quantitative estimate of drug-likeness (QED) is 0.381. The third-order valence-electron chi connectivity index (χ3n) is 3.03. The van der Waals surface area contributed by atoms with Gasteiger partial charge >= 0.3 is 18.0 Å². The van der Waals surface area contributed by atoms with Crippen molar-refractivity contribution in [2.45, 2.75) is 11.8 Å². The number of amides is 2. The maximum absolute atomic E-state index is 12.4. The number of urea groups is 1. The lowest BCUT2D eigenvalue weighted by Crippen LogP contribution is -2.35. The zero-order chi connectivity index (χ0) is 22.7. The Kier molecular flexibility index (Phi) is 9.42. The Bertz CT molecular complexity index is 1070. The van der Waals surface area contributed by atoms with E-state index < -0.39 is 26.9 Å². The topological polar surface area (TPSA) is 162 Å². The first-order chi connectivity index (χ1) is 14.2. The Morgan fingerprint density at radius 1 is 1.17 bits per heavy atom. The van der Waals surface area contributed by atoms with Crippen molar-refractivity contribution in [2.75, 3.05) is 26.6 Å². The summed E-state index contributed by atoms with van der Waals surface area (Å²) in [5.41, 5.74) is -0.215. The maximum Gasteiger partial charge on any atom is 0.339 e. The van der Waals surface area contributed by atoms with Gasteiger partial charge in [-0.25, -0.2) is 27.7 Å². The lowest BCUT2D eigenvalue weighted by atomic mass is 10.2. The molecule has 0 radical (unpaired) electrons. The van der Waals surface area contributed by atoms with E-state index in [0.29, 0.717) is 0 Å². The number of carbonyl (C=O) groups excluding carboxylic acids is 2. The van der Waals surface area contributed by atoms with Crippen molar-refractivity contribution in [3.63, 3.8) is 0 Å². The average molecular weight is 454 g/mol. The van der Waals surface area contributed by atoms with Gasteiger partial charge in [-0.3, -0.25) is 5.32 Å². The number of ether oxygens (including phenoxy) is 2. The molecule has 12 nitrogen and oxygen atoms in total. The molecule has 2 amide bonds. The second kappa shape index (κ2) is 11.5. The number of esters is 1. The first kappa shape index (κ1) is 24.6. The standard InChI is InChI=1S/C14H15N5O6S.C2H3NS/c1-8-15-12(18-14(16-8)25-3)17-13(21)19-26(22,23)10-7-5-4-6-9(10)11(20)24-2;1-3-2-4/h4-7H,1-3H3,(H2,15,16,17,18,19,21);1H3. The predicted octanol–water partition coefficient (Wildman–Crippen LogP) is 1.20. The van der Waals surface area contributed by atoms with E-state index in [0.717, 1.165) is 13.2 Å². The molecule has 0 saturated carbocycles. The number of rotatable bonds is 5. The van der Waals surface area contributed by atoms with Crippen LogP contribution in [0.25, 0.3) is 0 Å². The number of benzene rings is 1. The molecule has 160 valence electrons. The summed E-state index contributed by atoms with van der Waals surface area (Å²) in [7, 11) is -0.327. The van der Waals surface area contributed by atoms with Gasteiger partial charge in [0, 0.05) is 7.05 Å². The van der Waals surface area contributed by atoms with E-state index in [4.69, 9.17) is 4.74 Å². The van der Waals surface area contributed by atoms with Gasteiger partial charge in [0.15, 0.2) is 0 Å². The Labute approximate surface area is 177 Å². The number of aromatic nitrogens is 3. The fourth-order valence-electron chi connectivity index (χ4n) is 1.89. The largest absolute Gasteiger partial charge is 0.467 e. The van der Waals surface area contributed by atoms with Crippen molar-refractivity contribution < 1.29 is 27.5 Å². The number of isothiocyanates is 1. The number of sulfonamides is 1. The van der Waals surface area contributed by atoms with Crippen LogP contribution in [0.5, 0.6) is 6.01 Å². The van der Waals surface area contributed by atoms with E-state index in [1.807, 2.05) is 0 Å². The predicted molar refractivity (Wildman–Crippen MR) is 109 cm³/mol. The second-order valence-corrected chi connectivity index (χ2v) is 6.89. The monoisotopic (exact) mass is 454 g/mol. The molecule has 2 aromatic rings. The summed E-state index contributed by atoms with van der Waals surface area (Å²) in [6, 6.07) is 4.12. The number of nitrogens with zero attached hydrogens (tertiary/aromatic N) is 4. The van der Waals surface area contributed by atoms with E-state index in [1.54, 1.807) is 11.8 Å². The average Bonchev–Trinajstić information content (AvgIpc) is 2.72. The third-order valence-corrected chi connectivity index (χ3v) is 4.61. The first-order valence-corrected chi connectivity index (χ1v) is 9.81. The van der Waals surface area contributed by atoms with E-state index in [2.05, 4.69) is 47.4 Å². The highest BCUT2D eigenvalue weighted by Gasteiger charge is 2.25. The molecular weight excluding hydrogens is 436 g/mol. The molecular formula is C16H18N6O6S2. The number of carbonyl (C=O) groups is 2. The molecule has 0 saturated heterocycles. The highest BCUT2D eigenvalue weighted by molar-refractivity contribution is 7.90. The molecule has 0 bridgehead atoms. The normalized spacial score (nSPS) is 9.87. The molecule has 0 spiro atoms. The number of aryl methyl sites for hydroxylation is 1. The molecule has 1 heterocycles. The van der Waals surface area contributed by atoms with Crippen molar-refractivity contribution >= 4 is 45.4 Å². The van der Waals surface area contributed by atoms with Crippen molar-refractivity contribution in [2.24, 2.45) is 4.99 Å². The van der Waals surface area contributed by atoms with Crippen molar-refractivity contribution in [3.05, 3.63) is 35.7 Å². The molecule has 0 aliphatic rings. The van der Waals surface area contributed by atoms with Crippen LogP contribution in [0.4, 0.5) is 10.7 Å². The number of anilines is 1. The zero-order valence-electron chi connectivity index (χ0n) is 16.4. The van der Waals surface area contributed by atoms with Gasteiger partial charge in [-0.05, 0) is 31.3 Å². The lowest BCUT2D eigenvalue weighted by molar-refractivity contribution is 0.0596.